The second-order valence-electron chi connectivity index (χ2n) is 7.85. The Morgan fingerprint density at radius 2 is 2.17 bits per heavy atom. The zero-order valence-corrected chi connectivity index (χ0v) is 18.4. The van der Waals surface area contributed by atoms with Crippen molar-refractivity contribution in [3.05, 3.63) is 60.0 Å². The molecule has 156 valence electrons. The standard InChI is InChI=1S/C22H29BN6S/c1-2-30-12-4-9-28-10-6-18(7-11-28)20-13-21(25-15-17-5-3-8-24-14-17)29-22(27-20)19(23)16-26-29/h2-3,5,8,13-14,16,18,25H,1,4,6-7,9-12,15,23H2. The molecule has 1 aliphatic rings. The quantitative estimate of drug-likeness (QED) is 0.424. The molecule has 0 atom stereocenters. The van der Waals surface area contributed by atoms with Crippen molar-refractivity contribution < 1.29 is 0 Å². The van der Waals surface area contributed by atoms with E-state index in [2.05, 4.69) is 46.9 Å². The second-order valence-corrected chi connectivity index (χ2v) is 8.93. The SMILES string of the molecule is Bc1cnn2c(NCc3cccnc3)cc(C3CCN(CCCSC=C)CC3)nc12. The highest BCUT2D eigenvalue weighted by Gasteiger charge is 2.23. The van der Waals surface area contributed by atoms with Gasteiger partial charge in [-0.1, -0.05) is 12.6 Å². The fourth-order valence-corrected chi connectivity index (χ4v) is 4.49. The van der Waals surface area contributed by atoms with Gasteiger partial charge in [0.05, 0.1) is 0 Å². The third kappa shape index (κ3) is 5.05. The van der Waals surface area contributed by atoms with Crippen molar-refractivity contribution in [3.63, 3.8) is 0 Å². The van der Waals surface area contributed by atoms with Gasteiger partial charge >= 0.3 is 0 Å². The molecule has 30 heavy (non-hydrogen) atoms. The van der Waals surface area contributed by atoms with Crippen molar-refractivity contribution in [1.29, 1.82) is 0 Å². The van der Waals surface area contributed by atoms with Crippen LogP contribution in [0.2, 0.25) is 0 Å². The number of pyridine rings is 1. The molecule has 3 aromatic rings. The van der Waals surface area contributed by atoms with Crippen molar-refractivity contribution in [2.24, 2.45) is 0 Å². The first kappa shape index (κ1) is 20.9. The fourth-order valence-electron chi connectivity index (χ4n) is 4.03. The summed E-state index contributed by atoms with van der Waals surface area (Å²) in [4.78, 5) is 11.8. The lowest BCUT2D eigenvalue weighted by molar-refractivity contribution is 0.212. The van der Waals surface area contributed by atoms with E-state index in [0.29, 0.717) is 12.5 Å². The molecule has 0 bridgehead atoms. The average Bonchev–Trinajstić information content (AvgIpc) is 3.17. The Bertz CT molecular complexity index is 968. The van der Waals surface area contributed by atoms with E-state index in [4.69, 9.17) is 4.98 Å². The summed E-state index contributed by atoms with van der Waals surface area (Å²) in [7, 11) is 2.08. The van der Waals surface area contributed by atoms with Gasteiger partial charge in [-0.3, -0.25) is 4.98 Å². The molecule has 6 nitrogen and oxygen atoms in total. The number of nitrogens with one attached hydrogen (secondary N) is 1. The minimum atomic E-state index is 0.502. The van der Waals surface area contributed by atoms with Crippen molar-refractivity contribution in [3.8, 4) is 0 Å². The summed E-state index contributed by atoms with van der Waals surface area (Å²) in [5, 5.41) is 10.0. The van der Waals surface area contributed by atoms with Crippen molar-refractivity contribution in [1.82, 2.24) is 24.5 Å². The monoisotopic (exact) mass is 420 g/mol. The molecule has 1 N–H and O–H groups in total. The lowest BCUT2D eigenvalue weighted by Crippen LogP contribution is -2.34. The van der Waals surface area contributed by atoms with Gasteiger partial charge in [0.25, 0.3) is 0 Å². The minimum absolute atomic E-state index is 0.502. The van der Waals surface area contributed by atoms with Crippen LogP contribution in [0.25, 0.3) is 5.65 Å². The molecule has 4 rings (SSSR count). The van der Waals surface area contributed by atoms with Gasteiger partial charge in [0.2, 0.25) is 0 Å². The van der Waals surface area contributed by atoms with Gasteiger partial charge in [-0.25, -0.2) is 4.98 Å². The number of hydrogen-bond acceptors (Lipinski definition) is 6. The fraction of sp³-hybridized carbons (Fsp3) is 0.409. The van der Waals surface area contributed by atoms with Gasteiger partial charge in [0.1, 0.15) is 13.7 Å². The first-order valence-electron chi connectivity index (χ1n) is 10.7. The van der Waals surface area contributed by atoms with E-state index in [0.717, 1.165) is 54.2 Å². The minimum Gasteiger partial charge on any atom is -0.366 e. The maximum Gasteiger partial charge on any atom is 0.151 e. The third-order valence-electron chi connectivity index (χ3n) is 5.72. The lowest BCUT2D eigenvalue weighted by Gasteiger charge is -2.31. The van der Waals surface area contributed by atoms with Crippen LogP contribution in [0, 0.1) is 0 Å². The summed E-state index contributed by atoms with van der Waals surface area (Å²) in [6, 6.07) is 6.24. The Labute approximate surface area is 183 Å². The number of likely N-dealkylation sites (tertiary alicyclic amines) is 1. The molecular formula is C22H29BN6S. The molecule has 0 amide bonds. The van der Waals surface area contributed by atoms with Crippen LogP contribution in [0.5, 0.6) is 0 Å². The molecule has 0 unspecified atom stereocenters. The number of hydrogen-bond donors (Lipinski definition) is 1. The summed E-state index contributed by atoms with van der Waals surface area (Å²) in [6.45, 7) is 7.96. The van der Waals surface area contributed by atoms with E-state index in [-0.39, 0.29) is 0 Å². The molecule has 0 aromatic carbocycles. The van der Waals surface area contributed by atoms with Crippen LogP contribution in [-0.4, -0.2) is 57.7 Å². The Balaban J connectivity index is 1.45. The van der Waals surface area contributed by atoms with Crippen LogP contribution in [0.3, 0.4) is 0 Å². The topological polar surface area (TPSA) is 58.4 Å². The van der Waals surface area contributed by atoms with Crippen LogP contribution in [0.4, 0.5) is 5.82 Å². The van der Waals surface area contributed by atoms with E-state index in [1.807, 2.05) is 40.1 Å². The second kappa shape index (κ2) is 10.1. The smallest absolute Gasteiger partial charge is 0.151 e. The Hall–Kier alpha value is -2.32. The molecule has 4 heterocycles. The van der Waals surface area contributed by atoms with E-state index in [1.165, 1.54) is 18.7 Å². The summed E-state index contributed by atoms with van der Waals surface area (Å²) < 4.78 is 1.92. The molecule has 1 aliphatic heterocycles. The predicted octanol–water partition coefficient (Wildman–Crippen LogP) is 2.44. The summed E-state index contributed by atoms with van der Waals surface area (Å²) in [5.74, 6) is 2.66. The van der Waals surface area contributed by atoms with Gasteiger partial charge in [-0.15, -0.1) is 11.8 Å². The van der Waals surface area contributed by atoms with Gasteiger partial charge < -0.3 is 10.2 Å². The third-order valence-corrected chi connectivity index (χ3v) is 6.48. The van der Waals surface area contributed by atoms with Crippen LogP contribution in [0.1, 0.15) is 36.4 Å². The van der Waals surface area contributed by atoms with E-state index >= 15 is 0 Å². The maximum absolute atomic E-state index is 5.00. The normalized spacial score (nSPS) is 15.5. The van der Waals surface area contributed by atoms with Gasteiger partial charge in [-0.05, 0) is 67.2 Å². The number of aromatic nitrogens is 4. The lowest BCUT2D eigenvalue weighted by atomic mass is 9.92. The Morgan fingerprint density at radius 3 is 2.93 bits per heavy atom. The number of anilines is 1. The first-order valence-corrected chi connectivity index (χ1v) is 11.7. The van der Waals surface area contributed by atoms with Crippen molar-refractivity contribution >= 4 is 36.5 Å². The van der Waals surface area contributed by atoms with Crippen molar-refractivity contribution in [2.45, 2.75) is 31.7 Å². The molecule has 0 aliphatic carbocycles. The Kier molecular flexibility index (Phi) is 7.07. The summed E-state index contributed by atoms with van der Waals surface area (Å²) >= 11 is 1.81. The molecule has 1 saturated heterocycles. The van der Waals surface area contributed by atoms with E-state index in [9.17, 15) is 0 Å². The summed E-state index contributed by atoms with van der Waals surface area (Å²) in [5.41, 5.74) is 4.39. The highest BCUT2D eigenvalue weighted by molar-refractivity contribution is 8.02. The largest absolute Gasteiger partial charge is 0.366 e. The Morgan fingerprint density at radius 1 is 1.30 bits per heavy atom. The molecule has 8 heteroatoms. The van der Waals surface area contributed by atoms with Crippen LogP contribution in [0.15, 0.2) is 48.8 Å². The number of thioether (sulfide) groups is 1. The first-order chi connectivity index (χ1) is 14.7. The van der Waals surface area contributed by atoms with Gasteiger partial charge in [0.15, 0.2) is 5.65 Å². The number of piperidine rings is 1. The van der Waals surface area contributed by atoms with E-state index < -0.39 is 0 Å². The van der Waals surface area contributed by atoms with Crippen LogP contribution < -0.4 is 10.8 Å². The predicted molar refractivity (Wildman–Crippen MR) is 128 cm³/mol. The molecule has 0 radical (unpaired) electrons. The maximum atomic E-state index is 5.00. The van der Waals surface area contributed by atoms with Crippen molar-refractivity contribution in [2.75, 3.05) is 30.7 Å². The van der Waals surface area contributed by atoms with Gasteiger partial charge in [-0.2, -0.15) is 9.61 Å². The number of fused-ring (bicyclic) bond motifs is 1. The molecule has 3 aromatic heterocycles. The molecular weight excluding hydrogens is 391 g/mol. The molecule has 0 saturated carbocycles. The average molecular weight is 420 g/mol. The zero-order chi connectivity index (χ0) is 20.8. The summed E-state index contributed by atoms with van der Waals surface area (Å²) in [6.07, 6.45) is 9.13. The number of nitrogens with zero attached hydrogens (tertiary/aromatic N) is 5. The molecule has 0 spiro atoms. The molecule has 1 fully saturated rings. The highest BCUT2D eigenvalue weighted by Crippen LogP contribution is 2.29. The number of rotatable bonds is 9. The highest BCUT2D eigenvalue weighted by atomic mass is 32.2. The van der Waals surface area contributed by atoms with Crippen LogP contribution in [-0.2, 0) is 6.54 Å². The van der Waals surface area contributed by atoms with E-state index in [1.54, 1.807) is 6.20 Å². The van der Waals surface area contributed by atoms with Crippen LogP contribution >= 0.6 is 11.8 Å². The van der Waals surface area contributed by atoms with Gasteiger partial charge in [0, 0.05) is 42.8 Å². The zero-order valence-electron chi connectivity index (χ0n) is 17.6.